The number of aromatic nitrogens is 1. The van der Waals surface area contributed by atoms with Crippen LogP contribution in [0.15, 0.2) is 29.5 Å². The molecule has 1 aromatic heterocycles. The van der Waals surface area contributed by atoms with Gasteiger partial charge in [0, 0.05) is 19.3 Å². The highest BCUT2D eigenvalue weighted by Gasteiger charge is 2.14. The summed E-state index contributed by atoms with van der Waals surface area (Å²) in [6.45, 7) is 5.71. The summed E-state index contributed by atoms with van der Waals surface area (Å²) < 4.78 is 11.2. The van der Waals surface area contributed by atoms with Crippen molar-refractivity contribution in [2.75, 3.05) is 32.8 Å². The molecule has 0 saturated carbocycles. The number of pyridine rings is 1. The van der Waals surface area contributed by atoms with Crippen LogP contribution < -0.4 is 15.4 Å². The molecule has 1 aliphatic rings. The fourth-order valence-electron chi connectivity index (χ4n) is 2.09. The molecule has 0 spiro atoms. The van der Waals surface area contributed by atoms with E-state index in [-0.39, 0.29) is 6.10 Å². The molecule has 1 aromatic rings. The lowest BCUT2D eigenvalue weighted by molar-refractivity contribution is 0.117. The van der Waals surface area contributed by atoms with Crippen LogP contribution in [0.2, 0.25) is 0 Å². The molecule has 0 aliphatic carbocycles. The number of ether oxygens (including phenoxy) is 2. The SMILES string of the molecule is CCNC(=NCC1CCCO1)NCCOc1cccnc1. The fourth-order valence-corrected chi connectivity index (χ4v) is 2.09. The van der Waals surface area contributed by atoms with Crippen LogP contribution in [0.3, 0.4) is 0 Å². The molecular weight excluding hydrogens is 268 g/mol. The van der Waals surface area contributed by atoms with Gasteiger partial charge in [0.1, 0.15) is 12.4 Å². The van der Waals surface area contributed by atoms with E-state index in [1.165, 1.54) is 0 Å². The molecule has 6 heteroatoms. The van der Waals surface area contributed by atoms with E-state index in [2.05, 4.69) is 27.5 Å². The normalized spacial score (nSPS) is 18.5. The second kappa shape index (κ2) is 9.18. The molecule has 2 rings (SSSR count). The van der Waals surface area contributed by atoms with Gasteiger partial charge in [0.05, 0.1) is 25.4 Å². The van der Waals surface area contributed by atoms with Crippen LogP contribution in [0.25, 0.3) is 0 Å². The number of aliphatic imine (C=N–C) groups is 1. The third-order valence-electron chi connectivity index (χ3n) is 3.12. The molecule has 0 aromatic carbocycles. The molecule has 21 heavy (non-hydrogen) atoms. The van der Waals surface area contributed by atoms with Crippen molar-refractivity contribution in [3.63, 3.8) is 0 Å². The molecule has 116 valence electrons. The van der Waals surface area contributed by atoms with Gasteiger partial charge in [-0.05, 0) is 31.9 Å². The summed E-state index contributed by atoms with van der Waals surface area (Å²) in [5.41, 5.74) is 0. The van der Waals surface area contributed by atoms with Crippen molar-refractivity contribution in [1.82, 2.24) is 15.6 Å². The quantitative estimate of drug-likeness (QED) is 0.449. The molecule has 2 heterocycles. The standard InChI is InChI=1S/C15H24N4O2/c1-2-17-15(19-12-14-6-4-9-20-14)18-8-10-21-13-5-3-7-16-11-13/h3,5,7,11,14H,2,4,6,8-10,12H2,1H3,(H2,17,18,19). The highest BCUT2D eigenvalue weighted by molar-refractivity contribution is 5.79. The number of hydrogen-bond donors (Lipinski definition) is 2. The van der Waals surface area contributed by atoms with Crippen LogP contribution in [0.4, 0.5) is 0 Å². The predicted octanol–water partition coefficient (Wildman–Crippen LogP) is 1.19. The zero-order valence-corrected chi connectivity index (χ0v) is 12.5. The van der Waals surface area contributed by atoms with Gasteiger partial charge in [-0.15, -0.1) is 0 Å². The van der Waals surface area contributed by atoms with Crippen LogP contribution in [0, 0.1) is 0 Å². The Morgan fingerprint density at radius 3 is 3.19 bits per heavy atom. The van der Waals surface area contributed by atoms with E-state index in [1.54, 1.807) is 12.4 Å². The molecule has 0 amide bonds. The van der Waals surface area contributed by atoms with Gasteiger partial charge < -0.3 is 20.1 Å². The zero-order chi connectivity index (χ0) is 14.8. The van der Waals surface area contributed by atoms with Crippen molar-refractivity contribution < 1.29 is 9.47 Å². The zero-order valence-electron chi connectivity index (χ0n) is 12.5. The van der Waals surface area contributed by atoms with Gasteiger partial charge in [-0.1, -0.05) is 0 Å². The number of rotatable bonds is 7. The molecule has 1 unspecified atom stereocenters. The topological polar surface area (TPSA) is 67.8 Å². The van der Waals surface area contributed by atoms with Gasteiger partial charge >= 0.3 is 0 Å². The van der Waals surface area contributed by atoms with Crippen molar-refractivity contribution >= 4 is 5.96 Å². The Kier molecular flexibility index (Phi) is 6.80. The largest absolute Gasteiger partial charge is 0.490 e. The minimum absolute atomic E-state index is 0.270. The Balaban J connectivity index is 1.68. The Bertz CT molecular complexity index is 419. The highest BCUT2D eigenvalue weighted by atomic mass is 16.5. The molecule has 0 bridgehead atoms. The van der Waals surface area contributed by atoms with Crippen LogP contribution >= 0.6 is 0 Å². The number of nitrogens with one attached hydrogen (secondary N) is 2. The number of hydrogen-bond acceptors (Lipinski definition) is 4. The summed E-state index contributed by atoms with van der Waals surface area (Å²) in [6, 6.07) is 3.75. The third kappa shape index (κ3) is 5.99. The Hall–Kier alpha value is -1.82. The summed E-state index contributed by atoms with van der Waals surface area (Å²) in [6.07, 6.45) is 5.95. The molecular formula is C15H24N4O2. The first-order valence-electron chi connectivity index (χ1n) is 7.55. The van der Waals surface area contributed by atoms with E-state index in [0.717, 1.165) is 37.7 Å². The van der Waals surface area contributed by atoms with E-state index in [4.69, 9.17) is 9.47 Å². The summed E-state index contributed by atoms with van der Waals surface area (Å²) in [4.78, 5) is 8.55. The first kappa shape index (κ1) is 15.6. The Morgan fingerprint density at radius 1 is 1.52 bits per heavy atom. The second-order valence-corrected chi connectivity index (χ2v) is 4.82. The number of guanidine groups is 1. The third-order valence-corrected chi connectivity index (χ3v) is 3.12. The lowest BCUT2D eigenvalue weighted by atomic mass is 10.2. The number of nitrogens with zero attached hydrogens (tertiary/aromatic N) is 2. The van der Waals surface area contributed by atoms with Gasteiger partial charge in [-0.3, -0.25) is 9.98 Å². The lowest BCUT2D eigenvalue weighted by Gasteiger charge is -2.13. The highest BCUT2D eigenvalue weighted by Crippen LogP contribution is 2.11. The first-order valence-corrected chi connectivity index (χ1v) is 7.55. The van der Waals surface area contributed by atoms with Crippen molar-refractivity contribution in [1.29, 1.82) is 0 Å². The van der Waals surface area contributed by atoms with Crippen molar-refractivity contribution in [2.45, 2.75) is 25.9 Å². The fraction of sp³-hybridized carbons (Fsp3) is 0.600. The average Bonchev–Trinajstić information content (AvgIpc) is 3.03. The van der Waals surface area contributed by atoms with E-state index >= 15 is 0 Å². The van der Waals surface area contributed by atoms with E-state index < -0.39 is 0 Å². The Morgan fingerprint density at radius 2 is 2.48 bits per heavy atom. The minimum atomic E-state index is 0.270. The van der Waals surface area contributed by atoms with E-state index in [0.29, 0.717) is 19.7 Å². The van der Waals surface area contributed by atoms with Crippen LogP contribution in [0.5, 0.6) is 5.75 Å². The second-order valence-electron chi connectivity index (χ2n) is 4.82. The van der Waals surface area contributed by atoms with Gasteiger partial charge in [0.15, 0.2) is 5.96 Å². The maximum Gasteiger partial charge on any atom is 0.191 e. The van der Waals surface area contributed by atoms with E-state index in [1.807, 2.05) is 12.1 Å². The summed E-state index contributed by atoms with van der Waals surface area (Å²) in [5.74, 6) is 1.59. The van der Waals surface area contributed by atoms with Crippen LogP contribution in [0.1, 0.15) is 19.8 Å². The molecule has 1 saturated heterocycles. The van der Waals surface area contributed by atoms with Crippen molar-refractivity contribution in [2.24, 2.45) is 4.99 Å². The summed E-state index contributed by atoms with van der Waals surface area (Å²) >= 11 is 0. The summed E-state index contributed by atoms with van der Waals surface area (Å²) in [7, 11) is 0. The molecule has 6 nitrogen and oxygen atoms in total. The molecule has 1 fully saturated rings. The molecule has 0 radical (unpaired) electrons. The monoisotopic (exact) mass is 292 g/mol. The smallest absolute Gasteiger partial charge is 0.191 e. The van der Waals surface area contributed by atoms with Gasteiger partial charge in [0.25, 0.3) is 0 Å². The maximum absolute atomic E-state index is 5.58. The predicted molar refractivity (Wildman–Crippen MR) is 82.7 cm³/mol. The van der Waals surface area contributed by atoms with Crippen molar-refractivity contribution in [3.8, 4) is 5.75 Å². The van der Waals surface area contributed by atoms with Crippen LogP contribution in [-0.2, 0) is 4.74 Å². The lowest BCUT2D eigenvalue weighted by Crippen LogP contribution is -2.39. The Labute approximate surface area is 126 Å². The minimum Gasteiger partial charge on any atom is -0.490 e. The maximum atomic E-state index is 5.58. The average molecular weight is 292 g/mol. The van der Waals surface area contributed by atoms with Gasteiger partial charge in [0.2, 0.25) is 0 Å². The first-order chi connectivity index (χ1) is 10.4. The van der Waals surface area contributed by atoms with Gasteiger partial charge in [-0.25, -0.2) is 0 Å². The molecule has 1 aliphatic heterocycles. The summed E-state index contributed by atoms with van der Waals surface area (Å²) in [5, 5.41) is 6.47. The van der Waals surface area contributed by atoms with E-state index in [9.17, 15) is 0 Å². The van der Waals surface area contributed by atoms with Crippen molar-refractivity contribution in [3.05, 3.63) is 24.5 Å². The molecule has 2 N–H and O–H groups in total. The van der Waals surface area contributed by atoms with Crippen LogP contribution in [-0.4, -0.2) is 49.9 Å². The molecule has 1 atom stereocenters. The van der Waals surface area contributed by atoms with Gasteiger partial charge in [-0.2, -0.15) is 0 Å².